The molecule has 0 radical (unpaired) electrons. The van der Waals surface area contributed by atoms with Gasteiger partial charge in [-0.05, 0) is 19.3 Å². The average Bonchev–Trinajstić information content (AvgIpc) is 2.55. The van der Waals surface area contributed by atoms with E-state index in [0.717, 1.165) is 25.7 Å². The minimum absolute atomic E-state index is 0.471. The van der Waals surface area contributed by atoms with Crippen molar-refractivity contribution in [3.05, 3.63) is 0 Å². The highest BCUT2D eigenvalue weighted by molar-refractivity contribution is 8.68. The van der Waals surface area contributed by atoms with E-state index in [2.05, 4.69) is 41.8 Å². The molecule has 0 amide bonds. The lowest BCUT2D eigenvalue weighted by Crippen LogP contribution is -1.98. The molecule has 5 nitrogen and oxygen atoms in total. The number of hydrogen-bond acceptors (Lipinski definition) is 7. The predicted octanol–water partition coefficient (Wildman–Crippen LogP) is 6.24. The maximum Gasteiger partial charge on any atom is 0.389 e. The normalized spacial score (nSPS) is 10.7. The molecule has 0 saturated carbocycles. The molecule has 0 aromatic rings. The van der Waals surface area contributed by atoms with E-state index in [9.17, 15) is 4.89 Å². The van der Waals surface area contributed by atoms with E-state index in [1.54, 1.807) is 10.8 Å². The molecular weight excluding hydrogens is 355 g/mol. The Morgan fingerprint density at radius 1 is 0.783 bits per heavy atom. The molecule has 0 fully saturated rings. The summed E-state index contributed by atoms with van der Waals surface area (Å²) in [4.78, 5) is 18.8. The van der Waals surface area contributed by atoms with Crippen molar-refractivity contribution in [1.29, 1.82) is 0 Å². The van der Waals surface area contributed by atoms with Gasteiger partial charge in [0, 0.05) is 5.75 Å². The Labute approximate surface area is 152 Å². The Morgan fingerprint density at radius 3 is 1.57 bits per heavy atom. The van der Waals surface area contributed by atoms with Gasteiger partial charge in [0.2, 0.25) is 0 Å². The zero-order chi connectivity index (χ0) is 17.6. The largest absolute Gasteiger partial charge is 0.389 e. The van der Waals surface area contributed by atoms with Gasteiger partial charge in [0.05, 0.1) is 13.2 Å². The highest BCUT2D eigenvalue weighted by Crippen LogP contribution is 2.33. The molecule has 0 aliphatic carbocycles. The molecule has 8 heteroatoms. The van der Waals surface area contributed by atoms with E-state index in [1.165, 1.54) is 37.9 Å². The molecule has 0 aliphatic rings. The second-order valence-electron chi connectivity index (χ2n) is 4.99. The zero-order valence-corrected chi connectivity index (χ0v) is 17.5. The van der Waals surface area contributed by atoms with Crippen LogP contribution in [0.25, 0.3) is 0 Å². The Bertz CT molecular complexity index is 187. The summed E-state index contributed by atoms with van der Waals surface area (Å²) in [6.45, 7) is 7.38. The van der Waals surface area contributed by atoms with Crippen molar-refractivity contribution in [2.45, 2.75) is 78.6 Å². The van der Waals surface area contributed by atoms with Gasteiger partial charge in [0.15, 0.2) is 0 Å². The first kappa shape index (κ1) is 26.2. The molecule has 0 unspecified atom stereocenters. The molecule has 0 rings (SSSR count). The Morgan fingerprint density at radius 2 is 1.26 bits per heavy atom. The van der Waals surface area contributed by atoms with E-state index in [0.29, 0.717) is 13.2 Å². The molecule has 0 atom stereocenters. The summed E-state index contributed by atoms with van der Waals surface area (Å²) in [7, 11) is -0.478. The van der Waals surface area contributed by atoms with Gasteiger partial charge in [0.25, 0.3) is 0 Å². The van der Waals surface area contributed by atoms with Crippen molar-refractivity contribution in [3.63, 3.8) is 0 Å². The van der Waals surface area contributed by atoms with Gasteiger partial charge in [0.1, 0.15) is 0 Å². The van der Waals surface area contributed by atoms with E-state index in [4.69, 9.17) is 9.78 Å². The molecule has 0 heterocycles. The SMILES string of the molecule is CCCCCCOOP(O)OOCCCCCC.CCCSS. The summed E-state index contributed by atoms with van der Waals surface area (Å²) in [5, 5.41) is 0. The quantitative estimate of drug-likeness (QED) is 0.0813. The van der Waals surface area contributed by atoms with Gasteiger partial charge in [-0.2, -0.15) is 9.35 Å². The van der Waals surface area contributed by atoms with E-state index in [1.807, 2.05) is 0 Å². The summed E-state index contributed by atoms with van der Waals surface area (Å²) >= 11 is 3.92. The molecule has 0 aliphatic heterocycles. The molecular formula is C15H35O5PS2. The maximum atomic E-state index is 9.22. The first-order valence-corrected chi connectivity index (χ1v) is 11.7. The van der Waals surface area contributed by atoms with Crippen LogP contribution in [0.15, 0.2) is 0 Å². The highest BCUT2D eigenvalue weighted by atomic mass is 33.1. The van der Waals surface area contributed by atoms with Crippen molar-refractivity contribution in [2.24, 2.45) is 0 Å². The van der Waals surface area contributed by atoms with Crippen LogP contribution in [0, 0.1) is 0 Å². The Kier molecular flexibility index (Phi) is 28.6. The summed E-state index contributed by atoms with van der Waals surface area (Å²) in [5.41, 5.74) is 0. The fraction of sp³-hybridized carbons (Fsp3) is 1.00. The summed E-state index contributed by atoms with van der Waals surface area (Å²) < 4.78 is 9.25. The molecule has 0 spiro atoms. The van der Waals surface area contributed by atoms with Crippen molar-refractivity contribution >= 4 is 31.1 Å². The van der Waals surface area contributed by atoms with Crippen molar-refractivity contribution in [2.75, 3.05) is 19.0 Å². The summed E-state index contributed by atoms with van der Waals surface area (Å²) in [5.74, 6) is 1.17. The van der Waals surface area contributed by atoms with Crippen LogP contribution in [0.3, 0.4) is 0 Å². The molecule has 142 valence electrons. The third-order valence-corrected chi connectivity index (χ3v) is 4.30. The molecule has 0 aromatic heterocycles. The first-order chi connectivity index (χ1) is 11.2. The van der Waals surface area contributed by atoms with Gasteiger partial charge in [-0.3, -0.25) is 0 Å². The zero-order valence-electron chi connectivity index (χ0n) is 14.9. The smallest absolute Gasteiger partial charge is 0.325 e. The average molecular weight is 391 g/mol. The topological polar surface area (TPSA) is 57.2 Å². The lowest BCUT2D eigenvalue weighted by Gasteiger charge is -2.08. The fourth-order valence-corrected chi connectivity index (χ4v) is 2.53. The third kappa shape index (κ3) is 28.0. The highest BCUT2D eigenvalue weighted by Gasteiger charge is 2.08. The lowest BCUT2D eigenvalue weighted by molar-refractivity contribution is -0.267. The minimum atomic E-state index is -2.07. The second-order valence-corrected chi connectivity index (χ2v) is 7.20. The summed E-state index contributed by atoms with van der Waals surface area (Å²) in [6, 6.07) is 0. The van der Waals surface area contributed by atoms with Crippen LogP contribution in [0.1, 0.15) is 78.6 Å². The van der Waals surface area contributed by atoms with Crippen LogP contribution in [-0.2, 0) is 19.1 Å². The van der Waals surface area contributed by atoms with Crippen LogP contribution >= 0.6 is 31.1 Å². The Balaban J connectivity index is 0. The maximum absolute atomic E-state index is 9.22. The van der Waals surface area contributed by atoms with E-state index >= 15 is 0 Å². The number of unbranched alkanes of at least 4 members (excludes halogenated alkanes) is 6. The summed E-state index contributed by atoms with van der Waals surface area (Å²) in [6.07, 6.45) is 10.0. The van der Waals surface area contributed by atoms with Crippen molar-refractivity contribution < 1.29 is 24.0 Å². The molecule has 0 aromatic carbocycles. The van der Waals surface area contributed by atoms with Gasteiger partial charge < -0.3 is 4.89 Å². The monoisotopic (exact) mass is 390 g/mol. The fourth-order valence-electron chi connectivity index (χ4n) is 1.44. The van der Waals surface area contributed by atoms with E-state index < -0.39 is 8.60 Å². The molecule has 23 heavy (non-hydrogen) atoms. The van der Waals surface area contributed by atoms with Gasteiger partial charge >= 0.3 is 8.60 Å². The number of hydrogen-bond donors (Lipinski definition) is 2. The van der Waals surface area contributed by atoms with Crippen LogP contribution in [0.4, 0.5) is 0 Å². The van der Waals surface area contributed by atoms with Crippen LogP contribution in [-0.4, -0.2) is 23.9 Å². The molecule has 0 saturated heterocycles. The van der Waals surface area contributed by atoms with Crippen molar-refractivity contribution in [3.8, 4) is 0 Å². The lowest BCUT2D eigenvalue weighted by atomic mass is 10.2. The predicted molar refractivity (Wildman–Crippen MR) is 103 cm³/mol. The van der Waals surface area contributed by atoms with Crippen LogP contribution < -0.4 is 0 Å². The molecule has 0 bridgehead atoms. The second kappa shape index (κ2) is 25.2. The number of thiol groups is 1. The number of rotatable bonds is 16. The molecule has 1 N–H and O–H groups in total. The third-order valence-electron chi connectivity index (χ3n) is 2.69. The van der Waals surface area contributed by atoms with Crippen LogP contribution in [0.5, 0.6) is 0 Å². The van der Waals surface area contributed by atoms with Gasteiger partial charge in [-0.15, -0.1) is 11.7 Å². The van der Waals surface area contributed by atoms with E-state index in [-0.39, 0.29) is 0 Å². The van der Waals surface area contributed by atoms with Gasteiger partial charge in [-0.25, -0.2) is 9.78 Å². The first-order valence-electron chi connectivity index (χ1n) is 8.57. The minimum Gasteiger partial charge on any atom is -0.325 e. The Hall–Kier alpha value is 0.930. The van der Waals surface area contributed by atoms with Gasteiger partial charge in [-0.1, -0.05) is 70.1 Å². The van der Waals surface area contributed by atoms with Crippen LogP contribution in [0.2, 0.25) is 0 Å². The van der Waals surface area contributed by atoms with Crippen molar-refractivity contribution in [1.82, 2.24) is 0 Å². The standard InChI is InChI=1S/C12H27O5P.C3H8S2/c1-3-5-7-9-11-14-16-18(13)17-15-12-10-8-6-4-2;1-2-3-5-4/h13H,3-12H2,1-2H3;4H,2-3H2,1H3.